The summed E-state index contributed by atoms with van der Waals surface area (Å²) in [6.07, 6.45) is 1.56. The van der Waals surface area contributed by atoms with Crippen LogP contribution in [-0.2, 0) is 12.8 Å². The number of carbonyl (C=O) groups excluding carboxylic acids is 1. The van der Waals surface area contributed by atoms with Crippen LogP contribution in [-0.4, -0.2) is 23.2 Å². The molecule has 3 rings (SSSR count). The van der Waals surface area contributed by atoms with E-state index in [4.69, 9.17) is 27.9 Å². The van der Waals surface area contributed by atoms with Crippen LogP contribution in [0, 0.1) is 0 Å². The van der Waals surface area contributed by atoms with E-state index in [1.165, 1.54) is 23.0 Å². The van der Waals surface area contributed by atoms with Crippen molar-refractivity contribution in [3.05, 3.63) is 68.6 Å². The molecule has 2 aromatic carbocycles. The van der Waals surface area contributed by atoms with Gasteiger partial charge in [-0.2, -0.15) is 0 Å². The zero-order valence-electron chi connectivity index (χ0n) is 13.8. The van der Waals surface area contributed by atoms with Crippen molar-refractivity contribution in [2.24, 2.45) is 0 Å². The Morgan fingerprint density at radius 1 is 1.12 bits per heavy atom. The molecule has 1 N–H and O–H groups in total. The van der Waals surface area contributed by atoms with E-state index in [1.807, 2.05) is 24.3 Å². The van der Waals surface area contributed by atoms with Gasteiger partial charge in [-0.25, -0.2) is 0 Å². The third-order valence-electron chi connectivity index (χ3n) is 3.65. The minimum absolute atomic E-state index is 0.300. The molecule has 0 unspecified atom stereocenters. The summed E-state index contributed by atoms with van der Waals surface area (Å²) in [5.41, 5.74) is 1.48. The van der Waals surface area contributed by atoms with E-state index in [0.717, 1.165) is 23.6 Å². The topological polar surface area (TPSA) is 64.1 Å². The fourth-order valence-electron chi connectivity index (χ4n) is 2.28. The molecule has 134 valence electrons. The number of hydrogen-bond acceptors (Lipinski definition) is 5. The molecule has 1 amide bonds. The van der Waals surface area contributed by atoms with Crippen LogP contribution >= 0.6 is 34.5 Å². The molecule has 5 nitrogen and oxygen atoms in total. The Morgan fingerprint density at radius 2 is 1.88 bits per heavy atom. The first-order valence-electron chi connectivity index (χ1n) is 7.77. The predicted molar refractivity (Wildman–Crippen MR) is 105 cm³/mol. The Kier molecular flexibility index (Phi) is 6.08. The number of hydrogen-bond donors (Lipinski definition) is 1. The molecule has 0 aliphatic carbocycles. The first-order chi connectivity index (χ1) is 12.5. The van der Waals surface area contributed by atoms with Crippen molar-refractivity contribution in [2.75, 3.05) is 12.4 Å². The van der Waals surface area contributed by atoms with E-state index in [0.29, 0.717) is 20.7 Å². The lowest BCUT2D eigenvalue weighted by atomic mass is 10.1. The molecule has 0 aliphatic rings. The molecule has 1 aromatic heterocycles. The lowest BCUT2D eigenvalue weighted by Crippen LogP contribution is -2.12. The van der Waals surface area contributed by atoms with Gasteiger partial charge in [0.1, 0.15) is 10.8 Å². The highest BCUT2D eigenvalue weighted by molar-refractivity contribution is 7.15. The van der Waals surface area contributed by atoms with Crippen LogP contribution in [0.15, 0.2) is 42.5 Å². The lowest BCUT2D eigenvalue weighted by molar-refractivity contribution is 0.102. The number of carbonyl (C=O) groups is 1. The van der Waals surface area contributed by atoms with Crippen molar-refractivity contribution in [3.63, 3.8) is 0 Å². The third kappa shape index (κ3) is 4.72. The molecule has 0 saturated heterocycles. The maximum atomic E-state index is 12.3. The van der Waals surface area contributed by atoms with Crippen molar-refractivity contribution < 1.29 is 9.53 Å². The van der Waals surface area contributed by atoms with E-state index < -0.39 is 0 Å². The van der Waals surface area contributed by atoms with E-state index in [-0.39, 0.29) is 5.91 Å². The minimum Gasteiger partial charge on any atom is -0.497 e. The van der Waals surface area contributed by atoms with Crippen LogP contribution in [0.1, 0.15) is 20.9 Å². The second-order valence-electron chi connectivity index (χ2n) is 5.43. The molecular formula is C18H15Cl2N3O2S. The van der Waals surface area contributed by atoms with Crippen LogP contribution in [0.2, 0.25) is 10.0 Å². The number of nitrogens with one attached hydrogen (secondary N) is 1. The fourth-order valence-corrected chi connectivity index (χ4v) is 3.39. The second-order valence-corrected chi connectivity index (χ2v) is 7.33. The molecule has 0 fully saturated rings. The summed E-state index contributed by atoms with van der Waals surface area (Å²) in [6.45, 7) is 0. The van der Waals surface area contributed by atoms with Gasteiger partial charge in [0.2, 0.25) is 5.13 Å². The average molecular weight is 408 g/mol. The smallest absolute Gasteiger partial charge is 0.259 e. The Morgan fingerprint density at radius 3 is 2.62 bits per heavy atom. The van der Waals surface area contributed by atoms with Crippen molar-refractivity contribution in [2.45, 2.75) is 12.8 Å². The molecule has 3 aromatic rings. The highest BCUT2D eigenvalue weighted by Gasteiger charge is 2.14. The molecule has 0 aliphatic heterocycles. The van der Waals surface area contributed by atoms with Gasteiger partial charge >= 0.3 is 0 Å². The van der Waals surface area contributed by atoms with Crippen molar-refractivity contribution >= 4 is 45.6 Å². The predicted octanol–water partition coefficient (Wildman–Crippen LogP) is 4.89. The molecular weight excluding hydrogens is 393 g/mol. The zero-order chi connectivity index (χ0) is 18.5. The maximum Gasteiger partial charge on any atom is 0.259 e. The number of amides is 1. The van der Waals surface area contributed by atoms with Gasteiger partial charge in [-0.05, 0) is 42.3 Å². The molecule has 0 saturated carbocycles. The molecule has 0 atom stereocenters. The number of ether oxygens (including phenoxy) is 1. The second kappa shape index (κ2) is 8.49. The first kappa shape index (κ1) is 18.6. The van der Waals surface area contributed by atoms with E-state index in [1.54, 1.807) is 19.2 Å². The summed E-state index contributed by atoms with van der Waals surface area (Å²) >= 11 is 13.3. The van der Waals surface area contributed by atoms with Gasteiger partial charge in [0.25, 0.3) is 5.91 Å². The summed E-state index contributed by atoms with van der Waals surface area (Å²) in [6, 6.07) is 12.6. The Labute approximate surface area is 164 Å². The normalized spacial score (nSPS) is 10.6. The number of halogens is 2. The van der Waals surface area contributed by atoms with Gasteiger partial charge in [0.15, 0.2) is 0 Å². The molecule has 26 heavy (non-hydrogen) atoms. The summed E-state index contributed by atoms with van der Waals surface area (Å²) in [7, 11) is 1.64. The highest BCUT2D eigenvalue weighted by Crippen LogP contribution is 2.23. The van der Waals surface area contributed by atoms with Gasteiger partial charge in [0, 0.05) is 11.4 Å². The number of anilines is 1. The van der Waals surface area contributed by atoms with Crippen LogP contribution in [0.25, 0.3) is 0 Å². The first-order valence-corrected chi connectivity index (χ1v) is 9.34. The largest absolute Gasteiger partial charge is 0.497 e. The van der Waals surface area contributed by atoms with E-state index >= 15 is 0 Å². The number of rotatable bonds is 6. The summed E-state index contributed by atoms with van der Waals surface area (Å²) in [5, 5.41) is 12.9. The summed E-state index contributed by atoms with van der Waals surface area (Å²) < 4.78 is 5.15. The summed E-state index contributed by atoms with van der Waals surface area (Å²) in [4.78, 5) is 12.3. The zero-order valence-corrected chi connectivity index (χ0v) is 16.2. The maximum absolute atomic E-state index is 12.3. The fraction of sp³-hybridized carbons (Fsp3) is 0.167. The molecule has 0 radical (unpaired) electrons. The van der Waals surface area contributed by atoms with E-state index in [9.17, 15) is 4.79 Å². The molecule has 0 bridgehead atoms. The Balaban J connectivity index is 1.60. The number of benzene rings is 2. The van der Waals surface area contributed by atoms with Gasteiger partial charge in [-0.1, -0.05) is 46.7 Å². The number of aryl methyl sites for hydroxylation is 2. The van der Waals surface area contributed by atoms with Crippen molar-refractivity contribution in [3.8, 4) is 5.75 Å². The van der Waals surface area contributed by atoms with Crippen LogP contribution in [0.3, 0.4) is 0 Å². The molecule has 0 spiro atoms. The Bertz CT molecular complexity index is 913. The average Bonchev–Trinajstić information content (AvgIpc) is 3.09. The van der Waals surface area contributed by atoms with Crippen molar-refractivity contribution in [1.29, 1.82) is 0 Å². The quantitative estimate of drug-likeness (QED) is 0.631. The van der Waals surface area contributed by atoms with Crippen LogP contribution in [0.4, 0.5) is 5.13 Å². The minimum atomic E-state index is -0.365. The van der Waals surface area contributed by atoms with Crippen LogP contribution in [0.5, 0.6) is 5.75 Å². The molecule has 8 heteroatoms. The van der Waals surface area contributed by atoms with Crippen LogP contribution < -0.4 is 10.1 Å². The number of aromatic nitrogens is 2. The van der Waals surface area contributed by atoms with Gasteiger partial charge in [-0.15, -0.1) is 10.2 Å². The van der Waals surface area contributed by atoms with E-state index in [2.05, 4.69) is 15.5 Å². The Hall–Kier alpha value is -2.15. The lowest BCUT2D eigenvalue weighted by Gasteiger charge is -2.04. The SMILES string of the molecule is COc1ccc(CCc2nnc(NC(=O)c3cc(Cl)ccc3Cl)s2)cc1. The molecule has 1 heterocycles. The monoisotopic (exact) mass is 407 g/mol. The van der Waals surface area contributed by atoms with Gasteiger partial charge in [-0.3, -0.25) is 10.1 Å². The van der Waals surface area contributed by atoms with Gasteiger partial charge < -0.3 is 4.74 Å². The van der Waals surface area contributed by atoms with Gasteiger partial charge in [0.05, 0.1) is 17.7 Å². The summed E-state index contributed by atoms with van der Waals surface area (Å²) in [5.74, 6) is 0.463. The third-order valence-corrected chi connectivity index (χ3v) is 5.11. The van der Waals surface area contributed by atoms with Crippen molar-refractivity contribution in [1.82, 2.24) is 10.2 Å². The number of methoxy groups -OCH3 is 1. The standard InChI is InChI=1S/C18H15Cl2N3O2S/c1-25-13-6-2-11(3-7-13)4-9-16-22-23-18(26-16)21-17(24)14-10-12(19)5-8-15(14)20/h2-3,5-8,10H,4,9H2,1H3,(H,21,23,24). The number of nitrogens with zero attached hydrogens (tertiary/aromatic N) is 2. The highest BCUT2D eigenvalue weighted by atomic mass is 35.5.